The van der Waals surface area contributed by atoms with E-state index in [9.17, 15) is 13.6 Å². The fourth-order valence-electron chi connectivity index (χ4n) is 1.71. The van der Waals surface area contributed by atoms with Gasteiger partial charge in [-0.2, -0.15) is 0 Å². The van der Waals surface area contributed by atoms with E-state index in [0.717, 1.165) is 10.8 Å². The molecule has 1 aliphatic rings. The Labute approximate surface area is 96.0 Å². The van der Waals surface area contributed by atoms with Gasteiger partial charge in [0.15, 0.2) is 0 Å². The van der Waals surface area contributed by atoms with Crippen molar-refractivity contribution in [2.24, 2.45) is 5.92 Å². The molecular formula is C9H14F2INO. The average molecular weight is 317 g/mol. The van der Waals surface area contributed by atoms with E-state index in [1.807, 2.05) is 0 Å². The highest BCUT2D eigenvalue weighted by atomic mass is 127. The summed E-state index contributed by atoms with van der Waals surface area (Å²) in [6, 6.07) is 0. The normalized spacial score (nSPS) is 25.8. The summed E-state index contributed by atoms with van der Waals surface area (Å²) < 4.78 is 27.3. The van der Waals surface area contributed by atoms with Crippen molar-refractivity contribution in [2.45, 2.75) is 31.6 Å². The van der Waals surface area contributed by atoms with Crippen molar-refractivity contribution in [3.63, 3.8) is 0 Å². The molecule has 0 saturated heterocycles. The van der Waals surface area contributed by atoms with E-state index < -0.39 is 17.7 Å². The van der Waals surface area contributed by atoms with Crippen LogP contribution >= 0.6 is 22.6 Å². The van der Waals surface area contributed by atoms with Crippen LogP contribution in [0.2, 0.25) is 0 Å². The standard InChI is InChI=1S/C9H14F2INO/c10-9(11)4-2-1-3-7(9)8(14)13-6-5-12/h7H,1-6H2,(H,13,14). The van der Waals surface area contributed by atoms with Crippen molar-refractivity contribution in [2.75, 3.05) is 11.0 Å². The SMILES string of the molecule is O=C(NCCI)C1CCCCC1(F)F. The van der Waals surface area contributed by atoms with Crippen LogP contribution < -0.4 is 5.32 Å². The first kappa shape index (κ1) is 12.1. The Bertz CT molecular complexity index is 211. The predicted octanol–water partition coefficient (Wildman–Crippen LogP) is 2.36. The third-order valence-electron chi connectivity index (χ3n) is 2.47. The molecular weight excluding hydrogens is 303 g/mol. The molecule has 14 heavy (non-hydrogen) atoms. The van der Waals surface area contributed by atoms with Gasteiger partial charge in [-0.25, -0.2) is 8.78 Å². The lowest BCUT2D eigenvalue weighted by Crippen LogP contribution is -2.43. The molecule has 0 aliphatic heterocycles. The first-order chi connectivity index (χ1) is 6.58. The molecule has 1 atom stereocenters. The van der Waals surface area contributed by atoms with Crippen LogP contribution in [0.3, 0.4) is 0 Å². The Kier molecular flexibility index (Phi) is 4.53. The molecule has 5 heteroatoms. The summed E-state index contributed by atoms with van der Waals surface area (Å²) in [6.45, 7) is 0.478. The van der Waals surface area contributed by atoms with Crippen molar-refractivity contribution >= 4 is 28.5 Å². The molecule has 1 N–H and O–H groups in total. The topological polar surface area (TPSA) is 29.1 Å². The summed E-state index contributed by atoms with van der Waals surface area (Å²) >= 11 is 2.10. The first-order valence-corrected chi connectivity index (χ1v) is 6.32. The molecule has 0 bridgehead atoms. The Morgan fingerprint density at radius 3 is 2.79 bits per heavy atom. The molecule has 0 heterocycles. The molecule has 0 radical (unpaired) electrons. The van der Waals surface area contributed by atoms with E-state index in [0.29, 0.717) is 19.4 Å². The highest BCUT2D eigenvalue weighted by Crippen LogP contribution is 2.38. The monoisotopic (exact) mass is 317 g/mol. The van der Waals surface area contributed by atoms with Crippen molar-refractivity contribution < 1.29 is 13.6 Å². The van der Waals surface area contributed by atoms with Gasteiger partial charge in [0.1, 0.15) is 5.92 Å². The van der Waals surface area contributed by atoms with Gasteiger partial charge in [-0.15, -0.1) is 0 Å². The van der Waals surface area contributed by atoms with Crippen LogP contribution in [0.25, 0.3) is 0 Å². The van der Waals surface area contributed by atoms with Crippen LogP contribution in [0, 0.1) is 5.92 Å². The van der Waals surface area contributed by atoms with Gasteiger partial charge < -0.3 is 5.32 Å². The lowest BCUT2D eigenvalue weighted by Gasteiger charge is -2.30. The highest BCUT2D eigenvalue weighted by molar-refractivity contribution is 14.1. The number of hydrogen-bond donors (Lipinski definition) is 1. The number of carbonyl (C=O) groups is 1. The third kappa shape index (κ3) is 3.03. The van der Waals surface area contributed by atoms with Gasteiger partial charge in [-0.1, -0.05) is 29.0 Å². The minimum Gasteiger partial charge on any atom is -0.355 e. The number of halogens is 3. The van der Waals surface area contributed by atoms with E-state index in [1.165, 1.54) is 0 Å². The van der Waals surface area contributed by atoms with Gasteiger partial charge in [0, 0.05) is 17.4 Å². The van der Waals surface area contributed by atoms with E-state index in [1.54, 1.807) is 0 Å². The zero-order chi connectivity index (χ0) is 10.6. The molecule has 1 aliphatic carbocycles. The quantitative estimate of drug-likeness (QED) is 0.628. The number of amides is 1. The molecule has 0 aromatic carbocycles. The number of hydrogen-bond acceptors (Lipinski definition) is 1. The van der Waals surface area contributed by atoms with Crippen molar-refractivity contribution in [3.05, 3.63) is 0 Å². The minimum atomic E-state index is -2.80. The molecule has 1 amide bonds. The second-order valence-electron chi connectivity index (χ2n) is 3.54. The summed E-state index contributed by atoms with van der Waals surface area (Å²) in [6.07, 6.45) is 1.44. The first-order valence-electron chi connectivity index (χ1n) is 4.79. The summed E-state index contributed by atoms with van der Waals surface area (Å²) in [4.78, 5) is 11.4. The summed E-state index contributed by atoms with van der Waals surface area (Å²) in [5, 5.41) is 2.53. The van der Waals surface area contributed by atoms with Gasteiger partial charge in [-0.05, 0) is 12.8 Å². The fourth-order valence-corrected chi connectivity index (χ4v) is 1.98. The van der Waals surface area contributed by atoms with Crippen LogP contribution in [0.1, 0.15) is 25.7 Å². The maximum absolute atomic E-state index is 13.3. The Balaban J connectivity index is 2.51. The van der Waals surface area contributed by atoms with Gasteiger partial charge in [0.25, 0.3) is 5.92 Å². The van der Waals surface area contributed by atoms with Crippen molar-refractivity contribution in [1.82, 2.24) is 5.32 Å². The molecule has 1 unspecified atom stereocenters. The smallest absolute Gasteiger partial charge is 0.259 e. The molecule has 82 valence electrons. The van der Waals surface area contributed by atoms with Gasteiger partial charge in [0.2, 0.25) is 5.91 Å². The molecule has 1 fully saturated rings. The average Bonchev–Trinajstić information content (AvgIpc) is 2.13. The summed E-state index contributed by atoms with van der Waals surface area (Å²) in [5.74, 6) is -4.38. The zero-order valence-electron chi connectivity index (χ0n) is 7.86. The highest BCUT2D eigenvalue weighted by Gasteiger charge is 2.45. The fraction of sp³-hybridized carbons (Fsp3) is 0.889. The third-order valence-corrected chi connectivity index (χ3v) is 3.01. The molecule has 1 saturated carbocycles. The van der Waals surface area contributed by atoms with Gasteiger partial charge >= 0.3 is 0 Å². The van der Waals surface area contributed by atoms with Gasteiger partial charge in [0.05, 0.1) is 0 Å². The van der Waals surface area contributed by atoms with E-state index in [4.69, 9.17) is 0 Å². The van der Waals surface area contributed by atoms with Crippen LogP contribution in [0.5, 0.6) is 0 Å². The van der Waals surface area contributed by atoms with E-state index in [2.05, 4.69) is 27.9 Å². The Morgan fingerprint density at radius 1 is 1.50 bits per heavy atom. The van der Waals surface area contributed by atoms with Gasteiger partial charge in [-0.3, -0.25) is 4.79 Å². The predicted molar refractivity (Wildman–Crippen MR) is 58.8 cm³/mol. The largest absolute Gasteiger partial charge is 0.355 e. The summed E-state index contributed by atoms with van der Waals surface area (Å²) in [5.41, 5.74) is 0. The number of nitrogens with one attached hydrogen (secondary N) is 1. The summed E-state index contributed by atoms with van der Waals surface area (Å²) in [7, 11) is 0. The van der Waals surface area contributed by atoms with Crippen molar-refractivity contribution in [1.29, 1.82) is 0 Å². The number of alkyl halides is 3. The minimum absolute atomic E-state index is 0.144. The number of carbonyl (C=O) groups excluding carboxylic acids is 1. The van der Waals surface area contributed by atoms with Crippen LogP contribution in [-0.4, -0.2) is 22.8 Å². The van der Waals surface area contributed by atoms with E-state index in [-0.39, 0.29) is 6.42 Å². The lowest BCUT2D eigenvalue weighted by atomic mass is 9.85. The van der Waals surface area contributed by atoms with E-state index >= 15 is 0 Å². The Hall–Kier alpha value is 0.0600. The lowest BCUT2D eigenvalue weighted by molar-refractivity contribution is -0.145. The van der Waals surface area contributed by atoms with Crippen LogP contribution in [0.4, 0.5) is 8.78 Å². The molecule has 0 spiro atoms. The molecule has 0 aromatic rings. The Morgan fingerprint density at radius 2 is 2.21 bits per heavy atom. The molecule has 0 aromatic heterocycles. The second-order valence-corrected chi connectivity index (χ2v) is 4.62. The van der Waals surface area contributed by atoms with Crippen LogP contribution in [0.15, 0.2) is 0 Å². The second kappa shape index (κ2) is 5.23. The molecule has 2 nitrogen and oxygen atoms in total. The number of rotatable bonds is 3. The molecule has 1 rings (SSSR count). The maximum Gasteiger partial charge on any atom is 0.259 e. The van der Waals surface area contributed by atoms with Crippen molar-refractivity contribution in [3.8, 4) is 0 Å². The maximum atomic E-state index is 13.3. The zero-order valence-corrected chi connectivity index (χ0v) is 10.0. The van der Waals surface area contributed by atoms with Crippen LogP contribution in [-0.2, 0) is 4.79 Å².